The molecular weight excluding hydrogens is 654 g/mol. The second kappa shape index (κ2) is 19.2. The maximum atomic E-state index is 14.2. The SMILES string of the molecule is CC(C)(C)OC(=O)C[C@H](NC1CCCCCC1)C(=O)N1CCCC[C@H]1CCOC1CCN(C(=NC(=O)OC(C)(C)C)NC(=O)OC(C)(C)C)CC1. The minimum Gasteiger partial charge on any atom is -0.460 e. The predicted molar refractivity (Wildman–Crippen MR) is 196 cm³/mol. The fraction of sp³-hybridized carbons (Fsp3) is 0.868. The van der Waals surface area contributed by atoms with Crippen molar-refractivity contribution in [3.63, 3.8) is 0 Å². The van der Waals surface area contributed by atoms with E-state index >= 15 is 0 Å². The predicted octanol–water partition coefficient (Wildman–Crippen LogP) is 6.47. The number of guanidine groups is 1. The Bertz CT molecular complexity index is 1170. The molecule has 292 valence electrons. The van der Waals surface area contributed by atoms with E-state index in [2.05, 4.69) is 15.6 Å². The highest BCUT2D eigenvalue weighted by Gasteiger charge is 2.35. The van der Waals surface area contributed by atoms with Gasteiger partial charge in [-0.05, 0) is 114 Å². The summed E-state index contributed by atoms with van der Waals surface area (Å²) in [5.74, 6) is -0.282. The van der Waals surface area contributed by atoms with Gasteiger partial charge in [-0.1, -0.05) is 25.7 Å². The first-order valence-electron chi connectivity index (χ1n) is 19.2. The lowest BCUT2D eigenvalue weighted by molar-refractivity contribution is -0.158. The zero-order valence-electron chi connectivity index (χ0n) is 32.9. The summed E-state index contributed by atoms with van der Waals surface area (Å²) in [5.41, 5.74) is -2.07. The molecule has 2 atom stereocenters. The van der Waals surface area contributed by atoms with Gasteiger partial charge in [0, 0.05) is 38.3 Å². The quantitative estimate of drug-likeness (QED) is 0.0893. The standard InChI is InChI=1S/C38H67N5O8/c1-36(2,3)49-31(44)26-30(39-27-16-12-10-11-13-17-27)32(45)43-22-15-14-18-28(43)21-25-48-29-19-23-42(24-20-29)33(40-34(46)50-37(4,5)6)41-35(47)51-38(7,8)9/h27-30,39H,10-26H2,1-9H3,(H,40,41,46,47)/t28-,30-/m0/s1. The zero-order chi connectivity index (χ0) is 37.8. The van der Waals surface area contributed by atoms with Gasteiger partial charge in [0.25, 0.3) is 0 Å². The van der Waals surface area contributed by atoms with Crippen molar-refractivity contribution in [2.75, 3.05) is 26.2 Å². The Morgan fingerprint density at radius 3 is 1.90 bits per heavy atom. The molecule has 3 aliphatic rings. The van der Waals surface area contributed by atoms with Crippen LogP contribution in [0.2, 0.25) is 0 Å². The summed E-state index contributed by atoms with van der Waals surface area (Å²) in [4.78, 5) is 60.2. The number of hydrogen-bond donors (Lipinski definition) is 2. The van der Waals surface area contributed by atoms with Gasteiger partial charge in [-0.15, -0.1) is 4.99 Å². The number of nitrogens with one attached hydrogen (secondary N) is 2. The Labute approximate surface area is 306 Å². The number of rotatable bonds is 9. The molecular formula is C38H67N5O8. The molecule has 0 unspecified atom stereocenters. The third kappa shape index (κ3) is 16.5. The minimum atomic E-state index is -0.795. The highest BCUT2D eigenvalue weighted by Crippen LogP contribution is 2.25. The molecule has 3 amide bonds. The summed E-state index contributed by atoms with van der Waals surface area (Å²) in [6.45, 7) is 18.3. The number of carbonyl (C=O) groups excluding carboxylic acids is 4. The topological polar surface area (TPSA) is 148 Å². The van der Waals surface area contributed by atoms with Crippen molar-refractivity contribution in [3.05, 3.63) is 0 Å². The van der Waals surface area contributed by atoms with Crippen LogP contribution in [-0.4, -0.2) is 107 Å². The number of hydrogen-bond acceptors (Lipinski definition) is 9. The average Bonchev–Trinajstić information content (AvgIpc) is 3.26. The lowest BCUT2D eigenvalue weighted by atomic mass is 9.97. The third-order valence-corrected chi connectivity index (χ3v) is 9.04. The molecule has 0 spiro atoms. The van der Waals surface area contributed by atoms with Crippen LogP contribution in [0.25, 0.3) is 0 Å². The smallest absolute Gasteiger partial charge is 0.437 e. The summed E-state index contributed by atoms with van der Waals surface area (Å²) in [6.07, 6.45) is 10.1. The van der Waals surface area contributed by atoms with Gasteiger partial charge in [0.05, 0.1) is 18.6 Å². The van der Waals surface area contributed by atoms with Crippen molar-refractivity contribution < 1.29 is 38.1 Å². The molecule has 1 aliphatic carbocycles. The molecule has 13 nitrogen and oxygen atoms in total. The number of esters is 1. The van der Waals surface area contributed by atoms with E-state index in [-0.39, 0.29) is 42.4 Å². The van der Waals surface area contributed by atoms with Crippen molar-refractivity contribution in [2.45, 2.75) is 187 Å². The van der Waals surface area contributed by atoms with Crippen molar-refractivity contribution in [1.29, 1.82) is 0 Å². The number of amides is 3. The Hall–Kier alpha value is -2.93. The largest absolute Gasteiger partial charge is 0.460 e. The normalized spacial score (nSPS) is 21.0. The molecule has 0 aromatic heterocycles. The molecule has 2 aliphatic heterocycles. The molecule has 0 bridgehead atoms. The Morgan fingerprint density at radius 1 is 0.725 bits per heavy atom. The van der Waals surface area contributed by atoms with Gasteiger partial charge in [-0.25, -0.2) is 9.59 Å². The van der Waals surface area contributed by atoms with E-state index in [0.29, 0.717) is 45.5 Å². The van der Waals surface area contributed by atoms with Crippen LogP contribution >= 0.6 is 0 Å². The van der Waals surface area contributed by atoms with Crippen LogP contribution in [0.1, 0.15) is 146 Å². The molecule has 2 heterocycles. The first kappa shape index (κ1) is 42.5. The number of nitrogens with zero attached hydrogens (tertiary/aromatic N) is 3. The number of aliphatic imine (C=N–C) groups is 1. The van der Waals surface area contributed by atoms with Crippen LogP contribution in [0.4, 0.5) is 9.59 Å². The second-order valence-electron chi connectivity index (χ2n) is 17.3. The van der Waals surface area contributed by atoms with E-state index in [1.165, 1.54) is 12.8 Å². The van der Waals surface area contributed by atoms with Crippen LogP contribution in [0.5, 0.6) is 0 Å². The summed E-state index contributed by atoms with van der Waals surface area (Å²) in [5, 5.41) is 6.23. The number of likely N-dealkylation sites (tertiary alicyclic amines) is 2. The van der Waals surface area contributed by atoms with E-state index in [4.69, 9.17) is 18.9 Å². The molecule has 2 saturated heterocycles. The Balaban J connectivity index is 1.59. The van der Waals surface area contributed by atoms with E-state index in [1.54, 1.807) is 41.5 Å². The van der Waals surface area contributed by atoms with Gasteiger partial charge in [0.1, 0.15) is 16.8 Å². The molecule has 51 heavy (non-hydrogen) atoms. The van der Waals surface area contributed by atoms with Gasteiger partial charge < -0.3 is 34.1 Å². The summed E-state index contributed by atoms with van der Waals surface area (Å²) >= 11 is 0. The van der Waals surface area contributed by atoms with Gasteiger partial charge >= 0.3 is 18.2 Å². The van der Waals surface area contributed by atoms with Crippen LogP contribution < -0.4 is 10.6 Å². The fourth-order valence-corrected chi connectivity index (χ4v) is 6.84. The van der Waals surface area contributed by atoms with Crippen molar-refractivity contribution in [2.24, 2.45) is 4.99 Å². The number of alkyl carbamates (subject to hydrolysis) is 1. The maximum Gasteiger partial charge on any atom is 0.437 e. The first-order chi connectivity index (χ1) is 23.8. The zero-order valence-corrected chi connectivity index (χ0v) is 32.9. The first-order valence-corrected chi connectivity index (χ1v) is 19.2. The van der Waals surface area contributed by atoms with E-state index in [1.807, 2.05) is 30.6 Å². The van der Waals surface area contributed by atoms with E-state index in [9.17, 15) is 19.2 Å². The molecule has 2 N–H and O–H groups in total. The van der Waals surface area contributed by atoms with Crippen LogP contribution in [0.3, 0.4) is 0 Å². The molecule has 3 fully saturated rings. The average molecular weight is 722 g/mol. The fourth-order valence-electron chi connectivity index (χ4n) is 6.84. The molecule has 0 aromatic rings. The summed E-state index contributed by atoms with van der Waals surface area (Å²) < 4.78 is 22.8. The Morgan fingerprint density at radius 2 is 1.31 bits per heavy atom. The van der Waals surface area contributed by atoms with Crippen molar-refractivity contribution in [1.82, 2.24) is 20.4 Å². The minimum absolute atomic E-state index is 0.0163. The van der Waals surface area contributed by atoms with Crippen molar-refractivity contribution >= 4 is 30.0 Å². The number of carbonyl (C=O) groups is 4. The second-order valence-corrected chi connectivity index (χ2v) is 17.3. The van der Waals surface area contributed by atoms with Crippen molar-refractivity contribution in [3.8, 4) is 0 Å². The van der Waals surface area contributed by atoms with Gasteiger partial charge in [-0.3, -0.25) is 14.9 Å². The molecule has 3 rings (SSSR count). The van der Waals surface area contributed by atoms with Crippen LogP contribution in [-0.2, 0) is 28.5 Å². The maximum absolute atomic E-state index is 14.2. The van der Waals surface area contributed by atoms with Crippen LogP contribution in [0.15, 0.2) is 4.99 Å². The molecule has 1 saturated carbocycles. The molecule has 13 heteroatoms. The van der Waals surface area contributed by atoms with Gasteiger partial charge in [0.15, 0.2) is 0 Å². The van der Waals surface area contributed by atoms with Gasteiger partial charge in [0.2, 0.25) is 11.9 Å². The number of piperidine rings is 2. The van der Waals surface area contributed by atoms with E-state index < -0.39 is 35.0 Å². The van der Waals surface area contributed by atoms with E-state index in [0.717, 1.165) is 44.9 Å². The van der Waals surface area contributed by atoms with Gasteiger partial charge in [-0.2, -0.15) is 0 Å². The number of ether oxygens (including phenoxy) is 4. The highest BCUT2D eigenvalue weighted by molar-refractivity contribution is 5.99. The highest BCUT2D eigenvalue weighted by atomic mass is 16.6. The molecule has 0 radical (unpaired) electrons. The summed E-state index contributed by atoms with van der Waals surface area (Å²) in [7, 11) is 0. The third-order valence-electron chi connectivity index (χ3n) is 9.04. The lowest BCUT2D eigenvalue weighted by Crippen LogP contribution is -2.55. The molecule has 0 aromatic carbocycles. The summed E-state index contributed by atoms with van der Waals surface area (Å²) in [6, 6.07) is -0.357. The van der Waals surface area contributed by atoms with Crippen LogP contribution in [0, 0.1) is 0 Å². The Kier molecular flexibility index (Phi) is 16.0. The lowest BCUT2D eigenvalue weighted by Gasteiger charge is -2.39. The monoisotopic (exact) mass is 721 g/mol.